The van der Waals surface area contributed by atoms with Crippen LogP contribution in [0.3, 0.4) is 0 Å². The second kappa shape index (κ2) is 7.67. The number of guanidine groups is 1. The Hall–Kier alpha value is -2.71. The van der Waals surface area contributed by atoms with Crippen LogP contribution < -0.4 is 15.4 Å². The summed E-state index contributed by atoms with van der Waals surface area (Å²) < 4.78 is 5.85. The van der Waals surface area contributed by atoms with Gasteiger partial charge in [-0.2, -0.15) is 0 Å². The van der Waals surface area contributed by atoms with Gasteiger partial charge in [-0.05, 0) is 30.7 Å². The van der Waals surface area contributed by atoms with Gasteiger partial charge in [-0.25, -0.2) is 15.0 Å². The van der Waals surface area contributed by atoms with Crippen LogP contribution in [0.1, 0.15) is 6.42 Å². The molecular formula is C17H15ClN6OS. The molecule has 2 N–H and O–H groups in total. The molecule has 2 aromatic heterocycles. The molecule has 0 amide bonds. The van der Waals surface area contributed by atoms with Gasteiger partial charge in [0.05, 0.1) is 0 Å². The van der Waals surface area contributed by atoms with Crippen LogP contribution in [0.25, 0.3) is 11.4 Å². The van der Waals surface area contributed by atoms with Gasteiger partial charge in [0, 0.05) is 35.9 Å². The SMILES string of the molecule is Clc1ccc(Oc2nccnc2-c2csc(NC3=NCCCN3)n2)cc1. The molecule has 7 nitrogen and oxygen atoms in total. The molecule has 1 aliphatic heterocycles. The molecule has 0 unspecified atom stereocenters. The smallest absolute Gasteiger partial charge is 0.247 e. The summed E-state index contributed by atoms with van der Waals surface area (Å²) in [5.74, 6) is 1.76. The Balaban J connectivity index is 1.56. The van der Waals surface area contributed by atoms with Gasteiger partial charge in [0.1, 0.15) is 11.4 Å². The van der Waals surface area contributed by atoms with E-state index in [4.69, 9.17) is 16.3 Å². The zero-order chi connectivity index (χ0) is 17.8. The van der Waals surface area contributed by atoms with E-state index in [1.54, 1.807) is 36.7 Å². The van der Waals surface area contributed by atoms with Gasteiger partial charge in [0.25, 0.3) is 0 Å². The predicted molar refractivity (Wildman–Crippen MR) is 103 cm³/mol. The third-order valence-electron chi connectivity index (χ3n) is 3.56. The lowest BCUT2D eigenvalue weighted by atomic mass is 10.3. The third-order valence-corrected chi connectivity index (χ3v) is 4.57. The molecule has 26 heavy (non-hydrogen) atoms. The van der Waals surface area contributed by atoms with Crippen molar-refractivity contribution in [1.82, 2.24) is 20.3 Å². The summed E-state index contributed by atoms with van der Waals surface area (Å²) in [6, 6.07) is 7.08. The number of aliphatic imine (C=N–C) groups is 1. The first kappa shape index (κ1) is 16.7. The molecule has 9 heteroatoms. The number of rotatable bonds is 4. The maximum absolute atomic E-state index is 5.91. The molecule has 1 aliphatic rings. The minimum absolute atomic E-state index is 0.389. The standard InChI is InChI=1S/C17H15ClN6OS/c18-11-2-4-12(5-3-11)25-15-14(19-8-9-20-15)13-10-26-17(23-13)24-16-21-6-1-7-22-16/h2-5,8-10H,1,6-7H2,(H2,21,22,23,24). The highest BCUT2D eigenvalue weighted by Crippen LogP contribution is 2.31. The molecule has 0 bridgehead atoms. The van der Waals surface area contributed by atoms with E-state index in [1.165, 1.54) is 11.3 Å². The van der Waals surface area contributed by atoms with Crippen molar-refractivity contribution in [3.63, 3.8) is 0 Å². The summed E-state index contributed by atoms with van der Waals surface area (Å²) in [7, 11) is 0. The zero-order valence-corrected chi connectivity index (χ0v) is 15.2. The molecule has 0 saturated heterocycles. The Morgan fingerprint density at radius 3 is 2.81 bits per heavy atom. The summed E-state index contributed by atoms with van der Waals surface area (Å²) in [4.78, 5) is 17.6. The molecule has 3 aromatic rings. The highest BCUT2D eigenvalue weighted by Gasteiger charge is 2.15. The Bertz CT molecular complexity index is 927. The fourth-order valence-corrected chi connectivity index (χ4v) is 3.17. The van der Waals surface area contributed by atoms with Crippen LogP contribution in [0.4, 0.5) is 5.13 Å². The van der Waals surface area contributed by atoms with Crippen LogP contribution in [0.2, 0.25) is 5.02 Å². The van der Waals surface area contributed by atoms with E-state index in [9.17, 15) is 0 Å². The topological polar surface area (TPSA) is 84.3 Å². The van der Waals surface area contributed by atoms with Crippen molar-refractivity contribution in [2.24, 2.45) is 4.99 Å². The lowest BCUT2D eigenvalue weighted by Crippen LogP contribution is -2.35. The molecule has 1 aromatic carbocycles. The normalized spacial score (nSPS) is 13.7. The van der Waals surface area contributed by atoms with Gasteiger partial charge in [0.15, 0.2) is 16.8 Å². The molecule has 0 radical (unpaired) electrons. The Kier molecular flexibility index (Phi) is 4.94. The highest BCUT2D eigenvalue weighted by molar-refractivity contribution is 7.14. The van der Waals surface area contributed by atoms with Crippen molar-refractivity contribution in [2.45, 2.75) is 6.42 Å². The number of nitrogens with one attached hydrogen (secondary N) is 2. The number of benzene rings is 1. The summed E-state index contributed by atoms with van der Waals surface area (Å²) >= 11 is 7.38. The number of anilines is 1. The van der Waals surface area contributed by atoms with Crippen LogP contribution >= 0.6 is 22.9 Å². The van der Waals surface area contributed by atoms with Crippen LogP contribution in [-0.4, -0.2) is 34.0 Å². The molecule has 0 fully saturated rings. The quantitative estimate of drug-likeness (QED) is 0.709. The van der Waals surface area contributed by atoms with E-state index < -0.39 is 0 Å². The predicted octanol–water partition coefficient (Wildman–Crippen LogP) is 3.81. The van der Waals surface area contributed by atoms with Crippen molar-refractivity contribution in [3.05, 3.63) is 47.1 Å². The third kappa shape index (κ3) is 3.92. The van der Waals surface area contributed by atoms with Gasteiger partial charge >= 0.3 is 0 Å². The van der Waals surface area contributed by atoms with E-state index in [2.05, 4.69) is 30.6 Å². The zero-order valence-electron chi connectivity index (χ0n) is 13.6. The highest BCUT2D eigenvalue weighted by atomic mass is 35.5. The summed E-state index contributed by atoms with van der Waals surface area (Å²) in [6.07, 6.45) is 4.24. The summed E-state index contributed by atoms with van der Waals surface area (Å²) in [5, 5.41) is 9.68. The number of hydrogen-bond acceptors (Lipinski definition) is 8. The minimum atomic E-state index is 0.389. The van der Waals surface area contributed by atoms with E-state index in [0.29, 0.717) is 28.0 Å². The average Bonchev–Trinajstić information content (AvgIpc) is 3.13. The number of aromatic nitrogens is 3. The fourth-order valence-electron chi connectivity index (χ4n) is 2.35. The monoisotopic (exact) mass is 386 g/mol. The Labute approximate surface area is 159 Å². The van der Waals surface area contributed by atoms with Crippen LogP contribution in [0.15, 0.2) is 47.0 Å². The molecule has 0 atom stereocenters. The van der Waals surface area contributed by atoms with Crippen molar-refractivity contribution in [2.75, 3.05) is 18.4 Å². The molecule has 0 spiro atoms. The van der Waals surface area contributed by atoms with E-state index in [-0.39, 0.29) is 0 Å². The van der Waals surface area contributed by atoms with Crippen LogP contribution in [0, 0.1) is 0 Å². The molecule has 0 aliphatic carbocycles. The number of halogens is 1. The second-order valence-electron chi connectivity index (χ2n) is 5.44. The van der Waals surface area contributed by atoms with Gasteiger partial charge < -0.3 is 15.4 Å². The van der Waals surface area contributed by atoms with Crippen molar-refractivity contribution in [1.29, 1.82) is 0 Å². The number of thiazole rings is 1. The number of hydrogen-bond donors (Lipinski definition) is 2. The van der Waals surface area contributed by atoms with Gasteiger partial charge in [-0.1, -0.05) is 11.6 Å². The first-order valence-corrected chi connectivity index (χ1v) is 9.29. The van der Waals surface area contributed by atoms with Crippen molar-refractivity contribution >= 4 is 34.0 Å². The molecule has 3 heterocycles. The first-order valence-electron chi connectivity index (χ1n) is 8.03. The average molecular weight is 387 g/mol. The van der Waals surface area contributed by atoms with Crippen molar-refractivity contribution < 1.29 is 4.74 Å². The minimum Gasteiger partial charge on any atom is -0.437 e. The number of nitrogens with zero attached hydrogens (tertiary/aromatic N) is 4. The van der Waals surface area contributed by atoms with Crippen LogP contribution in [-0.2, 0) is 0 Å². The second-order valence-corrected chi connectivity index (χ2v) is 6.73. The summed E-state index contributed by atoms with van der Waals surface area (Å²) in [5.41, 5.74) is 1.26. The lowest BCUT2D eigenvalue weighted by molar-refractivity contribution is 0.462. The Morgan fingerprint density at radius 2 is 2.00 bits per heavy atom. The maximum atomic E-state index is 5.91. The van der Waals surface area contributed by atoms with Gasteiger partial charge in [-0.3, -0.25) is 4.99 Å². The first-order chi connectivity index (χ1) is 12.8. The molecule has 132 valence electrons. The Morgan fingerprint density at radius 1 is 1.15 bits per heavy atom. The fraction of sp³-hybridized carbons (Fsp3) is 0.176. The lowest BCUT2D eigenvalue weighted by Gasteiger charge is -2.14. The molecular weight excluding hydrogens is 372 g/mol. The number of ether oxygens (including phenoxy) is 1. The van der Waals surface area contributed by atoms with E-state index in [1.807, 2.05) is 5.38 Å². The molecule has 0 saturated carbocycles. The van der Waals surface area contributed by atoms with Gasteiger partial charge in [-0.15, -0.1) is 11.3 Å². The largest absolute Gasteiger partial charge is 0.437 e. The maximum Gasteiger partial charge on any atom is 0.247 e. The van der Waals surface area contributed by atoms with Crippen molar-refractivity contribution in [3.8, 4) is 23.0 Å². The van der Waals surface area contributed by atoms with Gasteiger partial charge in [0.2, 0.25) is 5.88 Å². The van der Waals surface area contributed by atoms with Crippen LogP contribution in [0.5, 0.6) is 11.6 Å². The summed E-state index contributed by atoms with van der Waals surface area (Å²) in [6.45, 7) is 1.73. The van der Waals surface area contributed by atoms with E-state index in [0.717, 1.165) is 30.6 Å². The molecule has 4 rings (SSSR count). The van der Waals surface area contributed by atoms with E-state index >= 15 is 0 Å².